The molecule has 4 nitrogen and oxygen atoms in total. The molecule has 0 unspecified atom stereocenters. The Morgan fingerprint density at radius 3 is 3.00 bits per heavy atom. The molecule has 2 aromatic heterocycles. The molecule has 7 heteroatoms. The maximum absolute atomic E-state index is 11.3. The minimum atomic E-state index is -1.09. The molecule has 0 aromatic carbocycles. The molecule has 80 valence electrons. The zero-order valence-corrected chi connectivity index (χ0v) is 11.1. The van der Waals surface area contributed by atoms with Crippen molar-refractivity contribution < 1.29 is 4.21 Å². The van der Waals surface area contributed by atoms with Crippen molar-refractivity contribution >= 4 is 38.1 Å². The highest BCUT2D eigenvalue weighted by molar-refractivity contribution is 9.11. The van der Waals surface area contributed by atoms with E-state index in [0.29, 0.717) is 11.7 Å². The van der Waals surface area contributed by atoms with Gasteiger partial charge in [-0.05, 0) is 28.1 Å². The zero-order valence-electron chi connectivity index (χ0n) is 7.88. The van der Waals surface area contributed by atoms with Gasteiger partial charge in [-0.2, -0.15) is 0 Å². The van der Waals surface area contributed by atoms with Crippen LogP contribution in [-0.2, 0) is 17.3 Å². The van der Waals surface area contributed by atoms with Gasteiger partial charge in [0, 0.05) is 11.1 Å². The van der Waals surface area contributed by atoms with Crippen LogP contribution in [0.4, 0.5) is 0 Å². The van der Waals surface area contributed by atoms with E-state index in [1.807, 2.05) is 12.1 Å². The van der Waals surface area contributed by atoms with Crippen molar-refractivity contribution in [2.75, 3.05) is 6.26 Å². The predicted octanol–water partition coefficient (Wildman–Crippen LogP) is 1.89. The first-order valence-electron chi connectivity index (χ1n) is 4.12. The molecule has 0 radical (unpaired) electrons. The SMILES string of the molecule is C[S@@](=O)c1nncn1Cc1ccc(Br)s1. The minimum absolute atomic E-state index is 0.513. The third-order valence-corrected chi connectivity index (χ3v) is 4.23. The molecule has 0 fully saturated rings. The third kappa shape index (κ3) is 2.53. The number of hydrogen-bond donors (Lipinski definition) is 0. The summed E-state index contributed by atoms with van der Waals surface area (Å²) in [5.41, 5.74) is 0. The molecular formula is C8H8BrN3OS2. The zero-order chi connectivity index (χ0) is 10.8. The molecule has 15 heavy (non-hydrogen) atoms. The number of thiophene rings is 1. The Labute approximate surface area is 102 Å². The summed E-state index contributed by atoms with van der Waals surface area (Å²) in [7, 11) is -1.09. The molecule has 2 heterocycles. The molecule has 0 saturated heterocycles. The van der Waals surface area contributed by atoms with Crippen molar-refractivity contribution in [3.63, 3.8) is 0 Å². The van der Waals surface area contributed by atoms with Gasteiger partial charge in [-0.1, -0.05) is 0 Å². The van der Waals surface area contributed by atoms with Gasteiger partial charge in [-0.3, -0.25) is 4.21 Å². The smallest absolute Gasteiger partial charge is 0.221 e. The first-order valence-corrected chi connectivity index (χ1v) is 7.29. The van der Waals surface area contributed by atoms with Crippen LogP contribution in [0.15, 0.2) is 27.4 Å². The van der Waals surface area contributed by atoms with Crippen LogP contribution in [0, 0.1) is 0 Å². The normalized spacial score (nSPS) is 12.9. The van der Waals surface area contributed by atoms with Crippen LogP contribution >= 0.6 is 27.3 Å². The molecular weight excluding hydrogens is 298 g/mol. The predicted molar refractivity (Wildman–Crippen MR) is 63.5 cm³/mol. The fourth-order valence-electron chi connectivity index (χ4n) is 1.18. The molecule has 1 atom stereocenters. The average molecular weight is 306 g/mol. The van der Waals surface area contributed by atoms with Crippen molar-refractivity contribution in [1.29, 1.82) is 0 Å². The van der Waals surface area contributed by atoms with Gasteiger partial charge in [0.15, 0.2) is 0 Å². The molecule has 0 aliphatic carbocycles. The topological polar surface area (TPSA) is 47.8 Å². The summed E-state index contributed by atoms with van der Waals surface area (Å²) in [6, 6.07) is 4.02. The Balaban J connectivity index is 2.24. The highest BCUT2D eigenvalue weighted by atomic mass is 79.9. The Hall–Kier alpha value is -0.530. The molecule has 2 aromatic rings. The molecule has 0 aliphatic heterocycles. The van der Waals surface area contributed by atoms with Gasteiger partial charge in [-0.25, -0.2) is 0 Å². The fraction of sp³-hybridized carbons (Fsp3) is 0.250. The van der Waals surface area contributed by atoms with E-state index in [9.17, 15) is 4.21 Å². The number of nitrogens with zero attached hydrogens (tertiary/aromatic N) is 3. The summed E-state index contributed by atoms with van der Waals surface area (Å²) in [6.07, 6.45) is 3.20. The first-order chi connectivity index (χ1) is 7.16. The Kier molecular flexibility index (Phi) is 3.32. The summed E-state index contributed by atoms with van der Waals surface area (Å²) >= 11 is 5.05. The lowest BCUT2D eigenvalue weighted by molar-refractivity contribution is 0.655. The van der Waals surface area contributed by atoms with Crippen molar-refractivity contribution in [3.05, 3.63) is 27.1 Å². The lowest BCUT2D eigenvalue weighted by Gasteiger charge is -2.01. The van der Waals surface area contributed by atoms with Gasteiger partial charge in [-0.15, -0.1) is 21.5 Å². The number of halogens is 1. The molecule has 0 aliphatic rings. The number of rotatable bonds is 3. The van der Waals surface area contributed by atoms with Crippen LogP contribution < -0.4 is 0 Å². The Morgan fingerprint density at radius 2 is 2.40 bits per heavy atom. The van der Waals surface area contributed by atoms with Gasteiger partial charge in [0.25, 0.3) is 0 Å². The molecule has 2 rings (SSSR count). The van der Waals surface area contributed by atoms with Gasteiger partial charge >= 0.3 is 0 Å². The van der Waals surface area contributed by atoms with Crippen molar-refractivity contribution in [3.8, 4) is 0 Å². The highest BCUT2D eigenvalue weighted by Gasteiger charge is 2.08. The molecule has 0 bridgehead atoms. The first kappa shape index (κ1) is 11.0. The maximum Gasteiger partial charge on any atom is 0.221 e. The van der Waals surface area contributed by atoms with E-state index < -0.39 is 10.8 Å². The quantitative estimate of drug-likeness (QED) is 0.870. The van der Waals surface area contributed by atoms with Crippen LogP contribution in [0.5, 0.6) is 0 Å². The number of aromatic nitrogens is 3. The summed E-state index contributed by atoms with van der Waals surface area (Å²) in [6.45, 7) is 0.665. The molecule has 0 saturated carbocycles. The van der Waals surface area contributed by atoms with Gasteiger partial charge < -0.3 is 4.57 Å². The van der Waals surface area contributed by atoms with E-state index in [1.54, 1.807) is 28.5 Å². The second kappa shape index (κ2) is 4.54. The summed E-state index contributed by atoms with van der Waals surface area (Å²) in [4.78, 5) is 1.17. The van der Waals surface area contributed by atoms with Crippen LogP contribution in [0.3, 0.4) is 0 Å². The second-order valence-electron chi connectivity index (χ2n) is 2.90. The fourth-order valence-corrected chi connectivity index (χ4v) is 3.27. The standard InChI is InChI=1S/C8H8BrN3OS2/c1-15(13)8-11-10-5-12(8)4-6-2-3-7(9)14-6/h2-3,5H,4H2,1H3/t15-/m1/s1. The minimum Gasteiger partial charge on any atom is -0.301 e. The summed E-state index contributed by atoms with van der Waals surface area (Å²) in [5, 5.41) is 8.10. The van der Waals surface area contributed by atoms with Crippen LogP contribution in [-0.4, -0.2) is 25.2 Å². The van der Waals surface area contributed by atoms with Crippen molar-refractivity contribution in [2.45, 2.75) is 11.7 Å². The van der Waals surface area contributed by atoms with Crippen LogP contribution in [0.2, 0.25) is 0 Å². The lowest BCUT2D eigenvalue weighted by atomic mass is 10.5. The van der Waals surface area contributed by atoms with Gasteiger partial charge in [0.1, 0.15) is 6.33 Å². The Morgan fingerprint density at radius 1 is 1.60 bits per heavy atom. The van der Waals surface area contributed by atoms with E-state index in [-0.39, 0.29) is 0 Å². The van der Waals surface area contributed by atoms with E-state index >= 15 is 0 Å². The van der Waals surface area contributed by atoms with Crippen LogP contribution in [0.1, 0.15) is 4.88 Å². The van der Waals surface area contributed by atoms with Gasteiger partial charge in [0.2, 0.25) is 5.16 Å². The summed E-state index contributed by atoms with van der Waals surface area (Å²) in [5.74, 6) is 0. The lowest BCUT2D eigenvalue weighted by Crippen LogP contribution is -2.04. The largest absolute Gasteiger partial charge is 0.301 e. The molecule has 0 amide bonds. The van der Waals surface area contributed by atoms with E-state index in [4.69, 9.17) is 0 Å². The van der Waals surface area contributed by atoms with Gasteiger partial charge in [0.05, 0.1) is 21.1 Å². The van der Waals surface area contributed by atoms with Crippen molar-refractivity contribution in [1.82, 2.24) is 14.8 Å². The van der Waals surface area contributed by atoms with Crippen LogP contribution in [0.25, 0.3) is 0 Å². The Bertz CT molecular complexity index is 494. The third-order valence-electron chi connectivity index (χ3n) is 1.79. The van der Waals surface area contributed by atoms with E-state index in [0.717, 1.165) is 3.79 Å². The second-order valence-corrected chi connectivity index (χ2v) is 6.72. The van der Waals surface area contributed by atoms with E-state index in [2.05, 4.69) is 26.1 Å². The summed E-state index contributed by atoms with van der Waals surface area (Å²) < 4.78 is 14.2. The van der Waals surface area contributed by atoms with E-state index in [1.165, 1.54) is 4.88 Å². The molecule has 0 N–H and O–H groups in total. The van der Waals surface area contributed by atoms with Crippen molar-refractivity contribution in [2.24, 2.45) is 0 Å². The molecule has 0 spiro atoms. The number of hydrogen-bond acceptors (Lipinski definition) is 4. The monoisotopic (exact) mass is 305 g/mol. The maximum atomic E-state index is 11.3. The highest BCUT2D eigenvalue weighted by Crippen LogP contribution is 2.23. The average Bonchev–Trinajstić information content (AvgIpc) is 2.75.